The van der Waals surface area contributed by atoms with Crippen LogP contribution in [-0.4, -0.2) is 72.0 Å². The molecule has 0 spiro atoms. The number of nitrogens with one attached hydrogen (secondary N) is 2. The van der Waals surface area contributed by atoms with Gasteiger partial charge in [-0.2, -0.15) is 0 Å². The van der Waals surface area contributed by atoms with Crippen LogP contribution >= 0.6 is 12.2 Å². The van der Waals surface area contributed by atoms with Gasteiger partial charge in [0.05, 0.1) is 12.6 Å². The van der Waals surface area contributed by atoms with Crippen LogP contribution in [0.15, 0.2) is 0 Å². The van der Waals surface area contributed by atoms with E-state index in [1.807, 2.05) is 0 Å². The molecule has 3 rings (SSSR count). The fraction of sp³-hybridized carbons (Fsp3) is 0.882. The van der Waals surface area contributed by atoms with Gasteiger partial charge in [0.1, 0.15) is 0 Å². The largest absolute Gasteiger partial charge is 0.360 e. The van der Waals surface area contributed by atoms with Gasteiger partial charge in [-0.3, -0.25) is 9.69 Å². The monoisotopic (exact) mass is 338 g/mol. The summed E-state index contributed by atoms with van der Waals surface area (Å²) in [6, 6.07) is 0.673. The third kappa shape index (κ3) is 4.88. The molecule has 0 amide bonds. The van der Waals surface area contributed by atoms with Crippen molar-refractivity contribution in [2.24, 2.45) is 0 Å². The van der Waals surface area contributed by atoms with Crippen LogP contribution in [0.2, 0.25) is 0 Å². The van der Waals surface area contributed by atoms with Crippen molar-refractivity contribution in [3.63, 3.8) is 0 Å². The predicted molar refractivity (Wildman–Crippen MR) is 96.7 cm³/mol. The molecule has 2 aliphatic heterocycles. The van der Waals surface area contributed by atoms with E-state index in [1.54, 1.807) is 0 Å². The first kappa shape index (κ1) is 17.1. The lowest BCUT2D eigenvalue weighted by Crippen LogP contribution is -2.54. The number of carbonyl (C=O) groups excluding carboxylic acids is 1. The number of thiocarbonyl (C=S) groups is 1. The molecular formula is C17H30N4OS. The van der Waals surface area contributed by atoms with Crippen LogP contribution in [0.4, 0.5) is 0 Å². The van der Waals surface area contributed by atoms with Crippen molar-refractivity contribution in [1.82, 2.24) is 20.4 Å². The molecule has 0 aromatic rings. The normalized spacial score (nSPS) is 27.1. The number of nitrogens with zero attached hydrogens (tertiary/aromatic N) is 2. The number of hydrogen-bond acceptors (Lipinski definition) is 4. The molecule has 2 heterocycles. The maximum absolute atomic E-state index is 12.2. The summed E-state index contributed by atoms with van der Waals surface area (Å²) in [5.41, 5.74) is 0. The molecule has 0 aromatic carbocycles. The Morgan fingerprint density at radius 3 is 2.43 bits per heavy atom. The van der Waals surface area contributed by atoms with Crippen LogP contribution < -0.4 is 10.6 Å². The first-order chi connectivity index (χ1) is 11.2. The average molecular weight is 339 g/mol. The fourth-order valence-electron chi connectivity index (χ4n) is 3.91. The smallest absolute Gasteiger partial charge is 0.169 e. The van der Waals surface area contributed by atoms with E-state index in [1.165, 1.54) is 32.1 Å². The molecule has 0 radical (unpaired) electrons. The van der Waals surface area contributed by atoms with E-state index < -0.39 is 0 Å². The Labute approximate surface area is 145 Å². The van der Waals surface area contributed by atoms with Gasteiger partial charge in [0.2, 0.25) is 0 Å². The Kier molecular flexibility index (Phi) is 6.25. The molecule has 3 fully saturated rings. The summed E-state index contributed by atoms with van der Waals surface area (Å²) in [6.45, 7) is 5.32. The van der Waals surface area contributed by atoms with Gasteiger partial charge in [0.15, 0.2) is 10.9 Å². The van der Waals surface area contributed by atoms with Crippen LogP contribution in [0.3, 0.4) is 0 Å². The van der Waals surface area contributed by atoms with E-state index in [0.717, 1.165) is 50.7 Å². The van der Waals surface area contributed by atoms with Gasteiger partial charge in [-0.1, -0.05) is 19.3 Å². The number of carbonyl (C=O) groups is 1. The quantitative estimate of drug-likeness (QED) is 0.750. The van der Waals surface area contributed by atoms with Gasteiger partial charge in [-0.25, -0.2) is 0 Å². The Morgan fingerprint density at radius 2 is 1.78 bits per heavy atom. The number of piperazine rings is 1. The summed E-state index contributed by atoms with van der Waals surface area (Å²) < 4.78 is 0. The van der Waals surface area contributed by atoms with Crippen molar-refractivity contribution < 1.29 is 4.79 Å². The summed E-state index contributed by atoms with van der Waals surface area (Å²) in [6.07, 6.45) is 8.66. The Bertz CT molecular complexity index is 411. The fourth-order valence-corrected chi connectivity index (χ4v) is 4.26. The van der Waals surface area contributed by atoms with Crippen molar-refractivity contribution in [3.8, 4) is 0 Å². The number of rotatable bonds is 4. The van der Waals surface area contributed by atoms with E-state index in [9.17, 15) is 4.79 Å². The van der Waals surface area contributed by atoms with Gasteiger partial charge in [-0.15, -0.1) is 0 Å². The second-order valence-corrected chi connectivity index (χ2v) is 7.55. The predicted octanol–water partition coefficient (Wildman–Crippen LogP) is 1.13. The van der Waals surface area contributed by atoms with Crippen molar-refractivity contribution in [2.45, 2.75) is 57.0 Å². The van der Waals surface area contributed by atoms with Gasteiger partial charge in [0.25, 0.3) is 0 Å². The van der Waals surface area contributed by atoms with Crippen molar-refractivity contribution in [1.29, 1.82) is 0 Å². The van der Waals surface area contributed by atoms with E-state index in [2.05, 4.69) is 20.4 Å². The highest BCUT2D eigenvalue weighted by atomic mass is 32.1. The molecule has 1 aliphatic carbocycles. The minimum atomic E-state index is 0.0991. The van der Waals surface area contributed by atoms with Crippen LogP contribution in [0.25, 0.3) is 0 Å². The van der Waals surface area contributed by atoms with Crippen molar-refractivity contribution in [2.75, 3.05) is 39.3 Å². The van der Waals surface area contributed by atoms with Gasteiger partial charge in [0, 0.05) is 32.2 Å². The lowest BCUT2D eigenvalue weighted by atomic mass is 9.96. The van der Waals surface area contributed by atoms with Crippen molar-refractivity contribution >= 4 is 23.1 Å². The molecule has 3 aliphatic rings. The van der Waals surface area contributed by atoms with Gasteiger partial charge in [-0.05, 0) is 44.4 Å². The lowest BCUT2D eigenvalue weighted by molar-refractivity contribution is -0.122. The van der Waals surface area contributed by atoms with Crippen LogP contribution in [0.1, 0.15) is 44.9 Å². The minimum Gasteiger partial charge on any atom is -0.360 e. The summed E-state index contributed by atoms with van der Waals surface area (Å²) in [5.74, 6) is 0.360. The van der Waals surface area contributed by atoms with Crippen molar-refractivity contribution in [3.05, 3.63) is 0 Å². The highest BCUT2D eigenvalue weighted by Crippen LogP contribution is 2.18. The summed E-state index contributed by atoms with van der Waals surface area (Å²) >= 11 is 5.59. The van der Waals surface area contributed by atoms with Gasteiger partial charge >= 0.3 is 0 Å². The molecule has 0 unspecified atom stereocenters. The summed E-state index contributed by atoms with van der Waals surface area (Å²) in [4.78, 5) is 16.8. The average Bonchev–Trinajstić information content (AvgIpc) is 3.11. The van der Waals surface area contributed by atoms with Crippen LogP contribution in [0.5, 0.6) is 0 Å². The number of ketones is 1. The summed E-state index contributed by atoms with van der Waals surface area (Å²) in [5, 5.41) is 7.77. The second-order valence-electron chi connectivity index (χ2n) is 7.16. The molecule has 0 aromatic heterocycles. The Balaban J connectivity index is 1.37. The lowest BCUT2D eigenvalue weighted by Gasteiger charge is -2.37. The zero-order valence-corrected chi connectivity index (χ0v) is 14.9. The molecule has 2 N–H and O–H groups in total. The maximum atomic E-state index is 12.2. The first-order valence-corrected chi connectivity index (χ1v) is 9.67. The van der Waals surface area contributed by atoms with Gasteiger partial charge < -0.3 is 15.5 Å². The molecule has 5 nitrogen and oxygen atoms in total. The number of Topliss-reactive ketones (excluding diaryl/α,β-unsaturated/α-hetero) is 1. The third-order valence-electron chi connectivity index (χ3n) is 5.42. The summed E-state index contributed by atoms with van der Waals surface area (Å²) in [7, 11) is 0. The molecule has 6 heteroatoms. The Hall–Kier alpha value is -0.720. The van der Waals surface area contributed by atoms with Crippen LogP contribution in [0, 0.1) is 0 Å². The molecule has 130 valence electrons. The van der Waals surface area contributed by atoms with E-state index in [4.69, 9.17) is 12.2 Å². The molecule has 2 saturated heterocycles. The second kappa shape index (κ2) is 8.40. The molecule has 1 saturated carbocycles. The van der Waals surface area contributed by atoms with E-state index in [-0.39, 0.29) is 6.04 Å². The molecule has 0 bridgehead atoms. The first-order valence-electron chi connectivity index (χ1n) is 9.26. The van der Waals surface area contributed by atoms with Crippen LogP contribution in [-0.2, 0) is 4.79 Å². The highest BCUT2D eigenvalue weighted by molar-refractivity contribution is 7.80. The zero-order chi connectivity index (χ0) is 16.1. The SMILES string of the molecule is O=C(CN1CCN(C(=S)NC2CCCCC2)CC1)[C@H]1CCCN1. The topological polar surface area (TPSA) is 47.6 Å². The van der Waals surface area contributed by atoms with E-state index >= 15 is 0 Å². The molecule has 1 atom stereocenters. The maximum Gasteiger partial charge on any atom is 0.169 e. The number of hydrogen-bond donors (Lipinski definition) is 2. The standard InChI is InChI=1S/C17H30N4OS/c22-16(15-7-4-8-18-15)13-20-9-11-21(12-10-20)17(23)19-14-5-2-1-3-6-14/h14-15,18H,1-13H2,(H,19,23)/t15-/m1/s1. The van der Waals surface area contributed by atoms with E-state index in [0.29, 0.717) is 18.4 Å². The zero-order valence-electron chi connectivity index (χ0n) is 14.1. The highest BCUT2D eigenvalue weighted by Gasteiger charge is 2.26. The third-order valence-corrected chi connectivity index (χ3v) is 5.80. The Morgan fingerprint density at radius 1 is 1.04 bits per heavy atom. The molecular weight excluding hydrogens is 308 g/mol. The molecule has 23 heavy (non-hydrogen) atoms. The minimum absolute atomic E-state index is 0.0991.